The molecule has 0 heterocycles. The van der Waals surface area contributed by atoms with Crippen LogP contribution in [0.25, 0.3) is 0 Å². The molecule has 0 aliphatic heterocycles. The topological polar surface area (TPSA) is 47.6 Å². The number of hydrogen-bond donors (Lipinski definition) is 1. The van der Waals surface area contributed by atoms with E-state index in [4.69, 9.17) is 10.5 Å². The maximum Gasteiger partial charge on any atom is 0.122 e. The summed E-state index contributed by atoms with van der Waals surface area (Å²) in [5.74, 6) is 1.04. The summed E-state index contributed by atoms with van der Waals surface area (Å²) in [6.07, 6.45) is 3.26. The monoisotopic (exact) mass is 216 g/mol. The fourth-order valence-corrected chi connectivity index (χ4v) is 1.11. The molecule has 16 heavy (non-hydrogen) atoms. The van der Waals surface area contributed by atoms with E-state index >= 15 is 0 Å². The lowest BCUT2D eigenvalue weighted by atomic mass is 10.2. The summed E-state index contributed by atoms with van der Waals surface area (Å²) >= 11 is 0. The quantitative estimate of drug-likeness (QED) is 0.355. The molecule has 0 aliphatic carbocycles. The molecule has 1 aromatic rings. The molecule has 1 rings (SSSR count). The molecule has 0 spiro atoms. The van der Waals surface area contributed by atoms with Crippen LogP contribution in [0.1, 0.15) is 5.56 Å². The Hall–Kier alpha value is -2.03. The first-order chi connectivity index (χ1) is 7.76. The highest BCUT2D eigenvalue weighted by molar-refractivity contribution is 5.91. The third kappa shape index (κ3) is 4.00. The van der Waals surface area contributed by atoms with Gasteiger partial charge in [-0.1, -0.05) is 36.9 Å². The smallest absolute Gasteiger partial charge is 0.122 e. The molecule has 0 atom stereocenters. The van der Waals surface area contributed by atoms with Crippen molar-refractivity contribution in [3.8, 4) is 0 Å². The summed E-state index contributed by atoms with van der Waals surface area (Å²) in [6, 6.07) is 9.90. The molecule has 0 saturated heterocycles. The molecule has 3 heteroatoms. The molecule has 84 valence electrons. The van der Waals surface area contributed by atoms with Crippen LogP contribution in [0, 0.1) is 0 Å². The van der Waals surface area contributed by atoms with Crippen molar-refractivity contribution in [3.63, 3.8) is 0 Å². The normalized spacial score (nSPS) is 12.3. The Balaban J connectivity index is 2.59. The lowest BCUT2D eigenvalue weighted by Crippen LogP contribution is -2.08. The highest BCUT2D eigenvalue weighted by atomic mass is 16.5. The van der Waals surface area contributed by atoms with Gasteiger partial charge >= 0.3 is 0 Å². The first-order valence-electron chi connectivity index (χ1n) is 4.99. The molecule has 2 N–H and O–H groups in total. The number of hydrogen-bond acceptors (Lipinski definition) is 2. The lowest BCUT2D eigenvalue weighted by molar-refractivity contribution is 0.211. The standard InChI is InChI=1S/C13H16N2O/c1-3-12(9-13(14)15-2)16-10-11-7-5-4-6-8-11/h3-9H,1,10H2,2H3,(H2,14,15)/b12-9+. The molecular weight excluding hydrogens is 200 g/mol. The summed E-state index contributed by atoms with van der Waals surface area (Å²) in [6.45, 7) is 4.15. The van der Waals surface area contributed by atoms with Gasteiger partial charge in [-0.3, -0.25) is 4.99 Å². The highest BCUT2D eigenvalue weighted by Gasteiger charge is 1.96. The van der Waals surface area contributed by atoms with Gasteiger partial charge in [0.15, 0.2) is 0 Å². The minimum Gasteiger partial charge on any atom is -0.489 e. The summed E-state index contributed by atoms with van der Waals surface area (Å²) in [5, 5.41) is 0. The molecule has 0 amide bonds. The van der Waals surface area contributed by atoms with Gasteiger partial charge in [-0.05, 0) is 11.6 Å². The van der Waals surface area contributed by atoms with Gasteiger partial charge in [-0.2, -0.15) is 0 Å². The van der Waals surface area contributed by atoms with Crippen molar-refractivity contribution < 1.29 is 4.74 Å². The Morgan fingerprint density at radius 3 is 2.69 bits per heavy atom. The predicted octanol–water partition coefficient (Wildman–Crippen LogP) is 2.26. The summed E-state index contributed by atoms with van der Waals surface area (Å²) < 4.78 is 5.53. The van der Waals surface area contributed by atoms with E-state index in [0.717, 1.165) is 5.56 Å². The lowest BCUT2D eigenvalue weighted by Gasteiger charge is -2.06. The van der Waals surface area contributed by atoms with Crippen LogP contribution in [0.2, 0.25) is 0 Å². The largest absolute Gasteiger partial charge is 0.489 e. The van der Waals surface area contributed by atoms with Crippen molar-refractivity contribution in [2.75, 3.05) is 7.05 Å². The zero-order chi connectivity index (χ0) is 11.8. The van der Waals surface area contributed by atoms with Crippen LogP contribution in [0.5, 0.6) is 0 Å². The van der Waals surface area contributed by atoms with Crippen LogP contribution in [0.15, 0.2) is 59.8 Å². The zero-order valence-electron chi connectivity index (χ0n) is 9.39. The second kappa shape index (κ2) is 6.45. The van der Waals surface area contributed by atoms with E-state index in [0.29, 0.717) is 18.2 Å². The summed E-state index contributed by atoms with van der Waals surface area (Å²) in [5.41, 5.74) is 6.66. The molecule has 0 bridgehead atoms. The van der Waals surface area contributed by atoms with E-state index in [1.807, 2.05) is 30.3 Å². The van der Waals surface area contributed by atoms with Gasteiger partial charge in [-0.25, -0.2) is 0 Å². The molecular formula is C13H16N2O. The van der Waals surface area contributed by atoms with Crippen LogP contribution < -0.4 is 5.73 Å². The Morgan fingerprint density at radius 1 is 1.44 bits per heavy atom. The molecule has 0 unspecified atom stereocenters. The van der Waals surface area contributed by atoms with Gasteiger partial charge in [-0.15, -0.1) is 0 Å². The van der Waals surface area contributed by atoms with E-state index in [1.54, 1.807) is 19.2 Å². The average molecular weight is 216 g/mol. The number of amidine groups is 1. The SMILES string of the molecule is C=C/C(=C\C(N)=NC)OCc1ccccc1. The fraction of sp³-hybridized carbons (Fsp3) is 0.154. The number of allylic oxidation sites excluding steroid dienone is 1. The van der Waals surface area contributed by atoms with E-state index in [9.17, 15) is 0 Å². The van der Waals surface area contributed by atoms with Gasteiger partial charge in [0.05, 0.1) is 0 Å². The van der Waals surface area contributed by atoms with Crippen molar-refractivity contribution in [2.45, 2.75) is 6.61 Å². The zero-order valence-corrected chi connectivity index (χ0v) is 9.39. The Labute approximate surface area is 96.0 Å². The van der Waals surface area contributed by atoms with E-state index in [1.165, 1.54) is 0 Å². The van der Waals surface area contributed by atoms with Gasteiger partial charge in [0.2, 0.25) is 0 Å². The molecule has 3 nitrogen and oxygen atoms in total. The number of nitrogens with two attached hydrogens (primary N) is 1. The minimum absolute atomic E-state index is 0.419. The third-order valence-electron chi connectivity index (χ3n) is 2.00. The van der Waals surface area contributed by atoms with Crippen molar-refractivity contribution in [1.82, 2.24) is 0 Å². The molecule has 0 aliphatic rings. The minimum atomic E-state index is 0.419. The predicted molar refractivity (Wildman–Crippen MR) is 67.1 cm³/mol. The summed E-state index contributed by atoms with van der Waals surface area (Å²) in [4.78, 5) is 3.82. The molecule has 0 fully saturated rings. The van der Waals surface area contributed by atoms with E-state index in [-0.39, 0.29) is 0 Å². The van der Waals surface area contributed by atoms with E-state index < -0.39 is 0 Å². The number of nitrogens with zero attached hydrogens (tertiary/aromatic N) is 1. The van der Waals surface area contributed by atoms with Crippen molar-refractivity contribution in [2.24, 2.45) is 10.7 Å². The maximum atomic E-state index is 5.56. The van der Waals surface area contributed by atoms with Gasteiger partial charge in [0.25, 0.3) is 0 Å². The third-order valence-corrected chi connectivity index (χ3v) is 2.00. The fourth-order valence-electron chi connectivity index (χ4n) is 1.11. The number of aliphatic imine (C=N–C) groups is 1. The first kappa shape index (κ1) is 12.0. The van der Waals surface area contributed by atoms with Crippen molar-refractivity contribution in [1.29, 1.82) is 0 Å². The Morgan fingerprint density at radius 2 is 2.12 bits per heavy atom. The second-order valence-electron chi connectivity index (χ2n) is 3.17. The molecule has 0 saturated carbocycles. The van der Waals surface area contributed by atoms with Crippen LogP contribution in [0.4, 0.5) is 0 Å². The second-order valence-corrected chi connectivity index (χ2v) is 3.17. The van der Waals surface area contributed by atoms with Crippen LogP contribution in [-0.4, -0.2) is 12.9 Å². The van der Waals surface area contributed by atoms with Gasteiger partial charge in [0.1, 0.15) is 18.2 Å². The van der Waals surface area contributed by atoms with Crippen LogP contribution >= 0.6 is 0 Å². The maximum absolute atomic E-state index is 5.56. The average Bonchev–Trinajstić information content (AvgIpc) is 2.35. The molecule has 0 radical (unpaired) electrons. The van der Waals surface area contributed by atoms with Gasteiger partial charge in [0, 0.05) is 13.1 Å². The number of rotatable bonds is 5. The summed E-state index contributed by atoms with van der Waals surface area (Å²) in [7, 11) is 1.63. The van der Waals surface area contributed by atoms with Gasteiger partial charge < -0.3 is 10.5 Å². The number of benzene rings is 1. The van der Waals surface area contributed by atoms with Crippen LogP contribution in [-0.2, 0) is 11.3 Å². The van der Waals surface area contributed by atoms with Crippen LogP contribution in [0.3, 0.4) is 0 Å². The Kier molecular flexibility index (Phi) is 4.86. The number of ether oxygens (including phenoxy) is 1. The van der Waals surface area contributed by atoms with Crippen molar-refractivity contribution in [3.05, 3.63) is 60.4 Å². The highest BCUT2D eigenvalue weighted by Crippen LogP contribution is 2.06. The Bertz CT molecular complexity index is 394. The molecule has 1 aromatic carbocycles. The van der Waals surface area contributed by atoms with E-state index in [2.05, 4.69) is 11.6 Å². The van der Waals surface area contributed by atoms with Crippen molar-refractivity contribution >= 4 is 5.84 Å². The first-order valence-corrected chi connectivity index (χ1v) is 4.99. The molecule has 0 aromatic heterocycles.